The van der Waals surface area contributed by atoms with Gasteiger partial charge in [-0.05, 0) is 38.4 Å². The number of hydrogen-bond acceptors (Lipinski definition) is 4. The Morgan fingerprint density at radius 2 is 1.83 bits per heavy atom. The molecule has 1 aliphatic carbocycles. The molecule has 1 heterocycles. The van der Waals surface area contributed by atoms with Gasteiger partial charge in [0.2, 0.25) is 0 Å². The third kappa shape index (κ3) is 5.08. The number of para-hydroxylation sites is 1. The molecule has 0 bridgehead atoms. The first-order valence-corrected chi connectivity index (χ1v) is 10.7. The van der Waals surface area contributed by atoms with Crippen molar-refractivity contribution in [3.05, 3.63) is 41.6 Å². The van der Waals surface area contributed by atoms with Gasteiger partial charge in [0.1, 0.15) is 5.82 Å². The number of carbonyl (C=O) groups excluding carboxylic acids is 2. The number of carbonyl (C=O) groups is 2. The fourth-order valence-electron chi connectivity index (χ4n) is 3.71. The Hall–Kier alpha value is -2.67. The van der Waals surface area contributed by atoms with Crippen molar-refractivity contribution in [2.45, 2.75) is 58.9 Å². The summed E-state index contributed by atoms with van der Waals surface area (Å²) in [6, 6.07) is 10.2. The predicted octanol–water partition coefficient (Wildman–Crippen LogP) is 3.02. The summed E-state index contributed by atoms with van der Waals surface area (Å²) in [4.78, 5) is 27.4. The topological polar surface area (TPSA) is 79.3 Å². The Morgan fingerprint density at radius 3 is 2.40 bits per heavy atom. The lowest BCUT2D eigenvalue weighted by molar-refractivity contribution is -0.136. The molecule has 0 aliphatic heterocycles. The summed E-state index contributed by atoms with van der Waals surface area (Å²) in [7, 11) is 0. The van der Waals surface area contributed by atoms with Gasteiger partial charge in [0, 0.05) is 30.1 Å². The quantitative estimate of drug-likeness (QED) is 0.687. The first-order chi connectivity index (χ1) is 14.2. The van der Waals surface area contributed by atoms with Crippen LogP contribution in [0, 0.1) is 6.92 Å². The van der Waals surface area contributed by atoms with Crippen molar-refractivity contribution in [2.75, 3.05) is 25.0 Å². The first kappa shape index (κ1) is 22.0. The number of benzene rings is 1. The van der Waals surface area contributed by atoms with Crippen LogP contribution in [0.2, 0.25) is 0 Å². The number of nitrogens with zero attached hydrogens (tertiary/aromatic N) is 3. The van der Waals surface area contributed by atoms with Gasteiger partial charge in [0.25, 0.3) is 0 Å². The van der Waals surface area contributed by atoms with E-state index in [0.29, 0.717) is 18.4 Å². The molecule has 0 saturated heterocycles. The number of amides is 2. The molecule has 0 spiro atoms. The van der Waals surface area contributed by atoms with Crippen LogP contribution in [0.3, 0.4) is 0 Å². The van der Waals surface area contributed by atoms with Crippen molar-refractivity contribution in [1.29, 1.82) is 0 Å². The smallest absolute Gasteiger partial charge is 0.314 e. The van der Waals surface area contributed by atoms with Gasteiger partial charge >= 0.3 is 11.8 Å². The van der Waals surface area contributed by atoms with Gasteiger partial charge in [0.15, 0.2) is 0 Å². The Balaban J connectivity index is 1.73. The molecule has 0 atom stereocenters. The van der Waals surface area contributed by atoms with E-state index in [4.69, 9.17) is 5.10 Å². The van der Waals surface area contributed by atoms with Crippen molar-refractivity contribution in [3.8, 4) is 5.69 Å². The summed E-state index contributed by atoms with van der Waals surface area (Å²) in [5.74, 6) is -0.774. The third-order valence-corrected chi connectivity index (χ3v) is 5.43. The van der Waals surface area contributed by atoms with E-state index in [1.54, 1.807) is 4.68 Å². The van der Waals surface area contributed by atoms with Gasteiger partial charge in [-0.25, -0.2) is 4.68 Å². The van der Waals surface area contributed by atoms with Gasteiger partial charge in [-0.15, -0.1) is 0 Å². The zero-order valence-corrected chi connectivity index (χ0v) is 18.7. The lowest BCUT2D eigenvalue weighted by Crippen LogP contribution is -2.41. The van der Waals surface area contributed by atoms with E-state index in [1.165, 1.54) is 12.8 Å². The molecule has 162 valence electrons. The van der Waals surface area contributed by atoms with Crippen LogP contribution in [0.5, 0.6) is 0 Å². The van der Waals surface area contributed by atoms with Crippen LogP contribution in [0.15, 0.2) is 30.3 Å². The molecule has 0 radical (unpaired) electrons. The molecule has 3 rings (SSSR count). The highest BCUT2D eigenvalue weighted by Gasteiger charge is 2.28. The largest absolute Gasteiger partial charge is 0.347 e. The lowest BCUT2D eigenvalue weighted by atomic mass is 9.90. The van der Waals surface area contributed by atoms with Crippen LogP contribution < -0.4 is 10.6 Å². The number of rotatable bonds is 7. The number of nitrogens with one attached hydrogen (secondary N) is 2. The summed E-state index contributed by atoms with van der Waals surface area (Å²) in [6.07, 6.45) is 2.45. The highest BCUT2D eigenvalue weighted by Crippen LogP contribution is 2.31. The predicted molar refractivity (Wildman–Crippen MR) is 119 cm³/mol. The highest BCUT2D eigenvalue weighted by molar-refractivity contribution is 6.39. The van der Waals surface area contributed by atoms with Gasteiger partial charge in [-0.1, -0.05) is 45.9 Å². The maximum absolute atomic E-state index is 12.6. The van der Waals surface area contributed by atoms with Crippen LogP contribution in [0.25, 0.3) is 5.69 Å². The van der Waals surface area contributed by atoms with Gasteiger partial charge in [0.05, 0.1) is 11.4 Å². The van der Waals surface area contributed by atoms with E-state index < -0.39 is 11.8 Å². The monoisotopic (exact) mass is 411 g/mol. The van der Waals surface area contributed by atoms with E-state index in [1.807, 2.05) is 37.3 Å². The minimum absolute atomic E-state index is 0.196. The number of aromatic nitrogens is 2. The molecule has 2 amide bonds. The zero-order valence-electron chi connectivity index (χ0n) is 18.7. The molecular weight excluding hydrogens is 378 g/mol. The Labute approximate surface area is 178 Å². The average molecular weight is 412 g/mol. The fraction of sp³-hybridized carbons (Fsp3) is 0.522. The van der Waals surface area contributed by atoms with Crippen LogP contribution in [0.4, 0.5) is 5.82 Å². The molecule has 7 heteroatoms. The molecule has 1 aliphatic rings. The van der Waals surface area contributed by atoms with Gasteiger partial charge < -0.3 is 10.6 Å². The molecule has 1 aromatic heterocycles. The van der Waals surface area contributed by atoms with Crippen molar-refractivity contribution in [3.63, 3.8) is 0 Å². The molecule has 2 N–H and O–H groups in total. The maximum Gasteiger partial charge on any atom is 0.314 e. The third-order valence-electron chi connectivity index (χ3n) is 5.43. The molecule has 7 nitrogen and oxygen atoms in total. The van der Waals surface area contributed by atoms with Crippen molar-refractivity contribution in [2.24, 2.45) is 0 Å². The van der Waals surface area contributed by atoms with E-state index in [2.05, 4.69) is 43.2 Å². The van der Waals surface area contributed by atoms with Crippen LogP contribution in [-0.4, -0.2) is 52.2 Å². The van der Waals surface area contributed by atoms with Crippen molar-refractivity contribution in [1.82, 2.24) is 20.0 Å². The first-order valence-electron chi connectivity index (χ1n) is 10.7. The summed E-state index contributed by atoms with van der Waals surface area (Å²) in [6.45, 7) is 12.5. The Morgan fingerprint density at radius 1 is 1.17 bits per heavy atom. The minimum atomic E-state index is -0.676. The summed E-state index contributed by atoms with van der Waals surface area (Å²) < 4.78 is 1.70. The number of anilines is 1. The second kappa shape index (κ2) is 9.00. The number of hydrogen-bond donors (Lipinski definition) is 2. The molecule has 30 heavy (non-hydrogen) atoms. The lowest BCUT2D eigenvalue weighted by Gasteiger charge is -2.19. The Kier molecular flexibility index (Phi) is 6.61. The maximum atomic E-state index is 12.6. The molecule has 1 aromatic carbocycles. The average Bonchev–Trinajstić information content (AvgIpc) is 3.49. The highest BCUT2D eigenvalue weighted by atomic mass is 16.2. The summed E-state index contributed by atoms with van der Waals surface area (Å²) >= 11 is 0. The van der Waals surface area contributed by atoms with E-state index >= 15 is 0 Å². The zero-order chi connectivity index (χ0) is 21.9. The second-order valence-electron chi connectivity index (χ2n) is 8.89. The van der Waals surface area contributed by atoms with Crippen LogP contribution >= 0.6 is 0 Å². The summed E-state index contributed by atoms with van der Waals surface area (Å²) in [5.41, 5.74) is 2.37. The molecular formula is C23H33N5O2. The van der Waals surface area contributed by atoms with Gasteiger partial charge in [-0.3, -0.25) is 14.5 Å². The molecule has 1 fully saturated rings. The van der Waals surface area contributed by atoms with Gasteiger partial charge in [-0.2, -0.15) is 5.10 Å². The normalized spacial score (nSPS) is 14.1. The summed E-state index contributed by atoms with van der Waals surface area (Å²) in [5, 5.41) is 10.3. The molecule has 0 unspecified atom stereocenters. The second-order valence-corrected chi connectivity index (χ2v) is 8.89. The molecule has 1 saturated carbocycles. The van der Waals surface area contributed by atoms with E-state index in [9.17, 15) is 9.59 Å². The standard InChI is InChI=1S/C23H33N5O2/c1-6-27(17-12-13-17)15-14-24-21(29)22(30)25-20-16(2)19(23(3,4)5)26-28(20)18-10-8-7-9-11-18/h7-11,17H,6,12-15H2,1-5H3,(H,24,29)(H,25,30). The fourth-order valence-corrected chi connectivity index (χ4v) is 3.71. The van der Waals surface area contributed by atoms with E-state index in [0.717, 1.165) is 30.0 Å². The van der Waals surface area contributed by atoms with E-state index in [-0.39, 0.29) is 5.41 Å². The van der Waals surface area contributed by atoms with Crippen molar-refractivity contribution < 1.29 is 9.59 Å². The minimum Gasteiger partial charge on any atom is -0.347 e. The molecule has 2 aromatic rings. The number of likely N-dealkylation sites (N-methyl/N-ethyl adjacent to an activating group) is 1. The Bertz CT molecular complexity index is 894. The van der Waals surface area contributed by atoms with Crippen LogP contribution in [-0.2, 0) is 15.0 Å². The van der Waals surface area contributed by atoms with Crippen LogP contribution in [0.1, 0.15) is 51.8 Å². The SMILES string of the molecule is CCN(CCNC(=O)C(=O)Nc1c(C)c(C(C)(C)C)nn1-c1ccccc1)C1CC1. The van der Waals surface area contributed by atoms with Crippen molar-refractivity contribution >= 4 is 17.6 Å².